The summed E-state index contributed by atoms with van der Waals surface area (Å²) >= 11 is 0. The molecule has 0 saturated carbocycles. The standard InChI is InChI=1S/C44H28N2O/c1-2-11-30-29(10-1)26-38(32-13-4-3-12-31(30)32)40-25-23-28-21-20-27-22-24-39(45-42(27)43(28)46-40)34-15-6-5-14-33(34)36-17-9-18-37-35-16-7-8-19-41(35)47-44(36)37/h1-26,40,46H. The Balaban J connectivity index is 1.12. The van der Waals surface area contributed by atoms with E-state index in [0.717, 1.165) is 66.5 Å². The van der Waals surface area contributed by atoms with E-state index in [4.69, 9.17) is 9.40 Å². The molecule has 9 aromatic rings. The largest absolute Gasteiger partial charge is 0.455 e. The highest BCUT2D eigenvalue weighted by atomic mass is 16.3. The van der Waals surface area contributed by atoms with Crippen molar-refractivity contribution in [3.63, 3.8) is 0 Å². The van der Waals surface area contributed by atoms with Gasteiger partial charge < -0.3 is 9.73 Å². The highest BCUT2D eigenvalue weighted by Crippen LogP contribution is 2.42. The number of pyridine rings is 1. The second-order valence-corrected chi connectivity index (χ2v) is 12.3. The Morgan fingerprint density at radius 2 is 1.23 bits per heavy atom. The highest BCUT2D eigenvalue weighted by Gasteiger charge is 2.22. The number of aromatic nitrogens is 1. The van der Waals surface area contributed by atoms with Crippen LogP contribution in [0, 0.1) is 0 Å². The van der Waals surface area contributed by atoms with E-state index in [1.165, 1.54) is 27.1 Å². The first-order valence-corrected chi connectivity index (χ1v) is 16.1. The fourth-order valence-electron chi connectivity index (χ4n) is 7.47. The Hall–Kier alpha value is -6.19. The Kier molecular flexibility index (Phi) is 5.64. The molecule has 47 heavy (non-hydrogen) atoms. The van der Waals surface area contributed by atoms with E-state index in [1.807, 2.05) is 12.1 Å². The summed E-state index contributed by atoms with van der Waals surface area (Å²) in [6, 6.07) is 51.6. The van der Waals surface area contributed by atoms with Crippen molar-refractivity contribution < 1.29 is 4.42 Å². The predicted octanol–water partition coefficient (Wildman–Crippen LogP) is 12.0. The second kappa shape index (κ2) is 10.2. The molecule has 0 radical (unpaired) electrons. The van der Waals surface area contributed by atoms with Crippen LogP contribution < -0.4 is 5.32 Å². The molecule has 0 spiro atoms. The molecule has 3 heterocycles. The minimum atomic E-state index is 0.00559. The van der Waals surface area contributed by atoms with Gasteiger partial charge in [0.1, 0.15) is 11.2 Å². The summed E-state index contributed by atoms with van der Waals surface area (Å²) in [4.78, 5) is 5.38. The maximum atomic E-state index is 6.45. The molecule has 0 amide bonds. The summed E-state index contributed by atoms with van der Waals surface area (Å²) in [5.74, 6) is 0. The predicted molar refractivity (Wildman–Crippen MR) is 197 cm³/mol. The maximum absolute atomic E-state index is 6.45. The molecule has 1 aliphatic heterocycles. The van der Waals surface area contributed by atoms with Crippen LogP contribution in [0.2, 0.25) is 0 Å². The summed E-state index contributed by atoms with van der Waals surface area (Å²) in [5, 5.41) is 12.3. The Morgan fingerprint density at radius 3 is 2.15 bits per heavy atom. The molecule has 10 rings (SSSR count). The first kappa shape index (κ1) is 26.1. The van der Waals surface area contributed by atoms with Gasteiger partial charge in [-0.1, -0.05) is 140 Å². The highest BCUT2D eigenvalue weighted by molar-refractivity contribution is 6.11. The fourth-order valence-corrected chi connectivity index (χ4v) is 7.47. The third-order valence-electron chi connectivity index (χ3n) is 9.70. The number of anilines is 1. The zero-order valence-corrected chi connectivity index (χ0v) is 25.4. The molecule has 3 heteroatoms. The first-order valence-electron chi connectivity index (χ1n) is 16.1. The van der Waals surface area contributed by atoms with Crippen LogP contribution in [-0.4, -0.2) is 4.98 Å². The monoisotopic (exact) mass is 600 g/mol. The minimum Gasteiger partial charge on any atom is -0.455 e. The molecule has 1 N–H and O–H groups in total. The quantitative estimate of drug-likeness (QED) is 0.205. The average molecular weight is 601 g/mol. The zero-order valence-electron chi connectivity index (χ0n) is 25.4. The summed E-state index contributed by atoms with van der Waals surface area (Å²) in [5.41, 5.74) is 10.4. The van der Waals surface area contributed by atoms with Crippen molar-refractivity contribution in [1.29, 1.82) is 0 Å². The van der Waals surface area contributed by atoms with E-state index in [-0.39, 0.29) is 6.04 Å². The first-order chi connectivity index (χ1) is 23.3. The van der Waals surface area contributed by atoms with E-state index >= 15 is 0 Å². The summed E-state index contributed by atoms with van der Waals surface area (Å²) in [7, 11) is 0. The number of fused-ring (bicyclic) bond motifs is 9. The number of hydrogen-bond acceptors (Lipinski definition) is 3. The van der Waals surface area contributed by atoms with Crippen LogP contribution in [0.1, 0.15) is 17.2 Å². The van der Waals surface area contributed by atoms with Crippen molar-refractivity contribution in [1.82, 2.24) is 4.98 Å². The number of nitrogens with one attached hydrogen (secondary N) is 1. The van der Waals surface area contributed by atoms with Gasteiger partial charge in [0.2, 0.25) is 0 Å². The SMILES string of the molecule is C1=CC(c2cc3ccccc3c3ccccc23)Nc2c1ccc1ccc(-c3ccccc3-c3cccc4c3oc3ccccc34)nc21. The minimum absolute atomic E-state index is 0.00559. The Bertz CT molecular complexity index is 2730. The molecule has 1 atom stereocenters. The lowest BCUT2D eigenvalue weighted by molar-refractivity contribution is 0.670. The second-order valence-electron chi connectivity index (χ2n) is 12.3. The molecule has 1 unspecified atom stereocenters. The van der Waals surface area contributed by atoms with E-state index in [1.54, 1.807) is 0 Å². The lowest BCUT2D eigenvalue weighted by atomic mass is 9.91. The molecule has 1 aliphatic rings. The van der Waals surface area contributed by atoms with Crippen LogP contribution in [0.4, 0.5) is 5.69 Å². The van der Waals surface area contributed by atoms with E-state index in [9.17, 15) is 0 Å². The summed E-state index contributed by atoms with van der Waals surface area (Å²) in [6.07, 6.45) is 4.52. The molecular formula is C44H28N2O. The number of nitrogens with zero attached hydrogens (tertiary/aromatic N) is 1. The number of furan rings is 1. The van der Waals surface area contributed by atoms with Crippen LogP contribution >= 0.6 is 0 Å². The van der Waals surface area contributed by atoms with Crippen LogP contribution in [0.15, 0.2) is 156 Å². The Morgan fingerprint density at radius 1 is 0.532 bits per heavy atom. The summed E-state index contributed by atoms with van der Waals surface area (Å²) in [6.45, 7) is 0. The molecule has 7 aromatic carbocycles. The van der Waals surface area contributed by atoms with Gasteiger partial charge >= 0.3 is 0 Å². The number of para-hydroxylation sites is 2. The molecule has 0 fully saturated rings. The van der Waals surface area contributed by atoms with Crippen LogP contribution in [0.25, 0.3) is 82.8 Å². The third kappa shape index (κ3) is 4.03. The van der Waals surface area contributed by atoms with Gasteiger partial charge in [0.25, 0.3) is 0 Å². The number of benzene rings is 7. The topological polar surface area (TPSA) is 38.1 Å². The lowest BCUT2D eigenvalue weighted by Crippen LogP contribution is -2.13. The maximum Gasteiger partial charge on any atom is 0.143 e. The van der Waals surface area contributed by atoms with Crippen molar-refractivity contribution in [3.05, 3.63) is 163 Å². The van der Waals surface area contributed by atoms with Crippen LogP contribution in [0.5, 0.6) is 0 Å². The van der Waals surface area contributed by atoms with E-state index in [0.29, 0.717) is 0 Å². The van der Waals surface area contributed by atoms with E-state index in [2.05, 4.69) is 151 Å². The van der Waals surface area contributed by atoms with Gasteiger partial charge in [0, 0.05) is 27.3 Å². The van der Waals surface area contributed by atoms with Gasteiger partial charge in [0.05, 0.1) is 22.9 Å². The molecular weight excluding hydrogens is 572 g/mol. The lowest BCUT2D eigenvalue weighted by Gasteiger charge is -2.25. The van der Waals surface area contributed by atoms with Crippen molar-refractivity contribution in [3.8, 4) is 22.4 Å². The molecule has 220 valence electrons. The average Bonchev–Trinajstić information content (AvgIpc) is 3.53. The van der Waals surface area contributed by atoms with Crippen molar-refractivity contribution in [2.45, 2.75) is 6.04 Å². The molecule has 0 aliphatic carbocycles. The van der Waals surface area contributed by atoms with E-state index < -0.39 is 0 Å². The van der Waals surface area contributed by atoms with Crippen LogP contribution in [0.3, 0.4) is 0 Å². The van der Waals surface area contributed by atoms with Crippen molar-refractivity contribution in [2.75, 3.05) is 5.32 Å². The molecule has 3 nitrogen and oxygen atoms in total. The van der Waals surface area contributed by atoms with Crippen LogP contribution in [-0.2, 0) is 0 Å². The Labute approximate surface area is 271 Å². The number of rotatable bonds is 3. The fraction of sp³-hybridized carbons (Fsp3) is 0.0227. The zero-order chi connectivity index (χ0) is 30.9. The van der Waals surface area contributed by atoms with Gasteiger partial charge in [-0.2, -0.15) is 0 Å². The van der Waals surface area contributed by atoms with Gasteiger partial charge in [-0.3, -0.25) is 0 Å². The van der Waals surface area contributed by atoms with Crippen molar-refractivity contribution >= 4 is 66.1 Å². The smallest absolute Gasteiger partial charge is 0.143 e. The number of hydrogen-bond donors (Lipinski definition) is 1. The molecule has 0 saturated heterocycles. The van der Waals surface area contributed by atoms with Crippen molar-refractivity contribution in [2.24, 2.45) is 0 Å². The van der Waals surface area contributed by atoms with Gasteiger partial charge in [-0.25, -0.2) is 4.98 Å². The summed E-state index contributed by atoms with van der Waals surface area (Å²) < 4.78 is 6.45. The molecule has 0 bridgehead atoms. The van der Waals surface area contributed by atoms with Gasteiger partial charge in [-0.15, -0.1) is 0 Å². The van der Waals surface area contributed by atoms with Gasteiger partial charge in [-0.05, 0) is 56.4 Å². The van der Waals surface area contributed by atoms with Gasteiger partial charge in [0.15, 0.2) is 0 Å². The third-order valence-corrected chi connectivity index (χ3v) is 9.70. The normalized spacial score (nSPS) is 14.3. The molecule has 2 aromatic heterocycles.